The van der Waals surface area contributed by atoms with Crippen LogP contribution in [0.2, 0.25) is 5.02 Å². The molecule has 2 aromatic carbocycles. The molecule has 0 spiro atoms. The number of phenols is 1. The lowest BCUT2D eigenvalue weighted by atomic mass is 9.66. The molecule has 37 heavy (non-hydrogen) atoms. The first-order valence-electron chi connectivity index (χ1n) is 12.2. The zero-order chi connectivity index (χ0) is 26.9. The highest BCUT2D eigenvalue weighted by atomic mass is 35.5. The van der Waals surface area contributed by atoms with Gasteiger partial charge in [-0.25, -0.2) is 0 Å². The molecule has 0 aromatic heterocycles. The van der Waals surface area contributed by atoms with E-state index in [1.54, 1.807) is 38.3 Å². The third kappa shape index (κ3) is 5.47. The van der Waals surface area contributed by atoms with E-state index in [0.717, 1.165) is 11.3 Å². The Bertz CT molecular complexity index is 1260. The maximum Gasteiger partial charge on any atom is 0.316 e. The van der Waals surface area contributed by atoms with E-state index >= 15 is 0 Å². The summed E-state index contributed by atoms with van der Waals surface area (Å²) in [5.74, 6) is -1.47. The van der Waals surface area contributed by atoms with Crippen molar-refractivity contribution in [3.05, 3.63) is 76.1 Å². The van der Waals surface area contributed by atoms with E-state index in [4.69, 9.17) is 25.8 Å². The molecule has 2 unspecified atom stereocenters. The number of methoxy groups -OCH3 is 1. The number of carbonyl (C=O) groups is 2. The zero-order valence-corrected chi connectivity index (χ0v) is 22.3. The fourth-order valence-corrected chi connectivity index (χ4v) is 5.31. The molecule has 0 bridgehead atoms. The molecular formula is C29H32ClNO6. The van der Waals surface area contributed by atoms with Gasteiger partial charge in [-0.15, -0.1) is 0 Å². The predicted octanol–water partition coefficient (Wildman–Crippen LogP) is 5.66. The molecule has 196 valence electrons. The molecule has 7 nitrogen and oxygen atoms in total. The molecular weight excluding hydrogens is 494 g/mol. The molecule has 1 heterocycles. The van der Waals surface area contributed by atoms with Crippen molar-refractivity contribution in [2.45, 2.75) is 46.1 Å². The average molecular weight is 526 g/mol. The molecule has 2 N–H and O–H groups in total. The Hall–Kier alpha value is -3.45. The molecule has 0 radical (unpaired) electrons. The molecule has 2 atom stereocenters. The number of hydrogen-bond donors (Lipinski definition) is 2. The lowest BCUT2D eigenvalue weighted by molar-refractivity contribution is -0.149. The average Bonchev–Trinajstić information content (AvgIpc) is 2.84. The molecule has 0 amide bonds. The summed E-state index contributed by atoms with van der Waals surface area (Å²) in [7, 11) is 1.58. The highest BCUT2D eigenvalue weighted by molar-refractivity contribution is 6.32. The molecule has 2 aromatic rings. The van der Waals surface area contributed by atoms with E-state index in [0.29, 0.717) is 42.0 Å². The van der Waals surface area contributed by atoms with Gasteiger partial charge in [0.2, 0.25) is 0 Å². The summed E-state index contributed by atoms with van der Waals surface area (Å²) in [4.78, 5) is 27.1. The van der Waals surface area contributed by atoms with E-state index in [2.05, 4.69) is 11.9 Å². The third-order valence-corrected chi connectivity index (χ3v) is 7.04. The second-order valence-electron chi connectivity index (χ2n) is 10.2. The number of carbonyl (C=O) groups excluding carboxylic acids is 2. The van der Waals surface area contributed by atoms with Crippen LogP contribution in [0, 0.1) is 11.3 Å². The van der Waals surface area contributed by atoms with Gasteiger partial charge >= 0.3 is 5.97 Å². The normalized spacial score (nSPS) is 20.7. The number of allylic oxidation sites excluding steroid dienone is 2. The molecule has 4 rings (SSSR count). The summed E-state index contributed by atoms with van der Waals surface area (Å²) < 4.78 is 16.5. The number of hydrogen-bond acceptors (Lipinski definition) is 7. The van der Waals surface area contributed by atoms with Gasteiger partial charge in [0.15, 0.2) is 17.3 Å². The van der Waals surface area contributed by atoms with Crippen molar-refractivity contribution in [1.82, 2.24) is 5.32 Å². The topological polar surface area (TPSA) is 94.1 Å². The maximum absolute atomic E-state index is 13.6. The van der Waals surface area contributed by atoms with Crippen molar-refractivity contribution in [2.24, 2.45) is 11.3 Å². The maximum atomic E-state index is 13.6. The number of aromatic hydroxyl groups is 1. The second kappa shape index (κ2) is 10.5. The van der Waals surface area contributed by atoms with Crippen LogP contribution < -0.4 is 14.8 Å². The number of Topliss-reactive ketones (excluding diaryl/α,β-unsaturated/α-hetero) is 1. The van der Waals surface area contributed by atoms with E-state index < -0.39 is 17.8 Å². The van der Waals surface area contributed by atoms with Crippen molar-refractivity contribution < 1.29 is 28.9 Å². The fraction of sp³-hybridized carbons (Fsp3) is 0.379. The van der Waals surface area contributed by atoms with Gasteiger partial charge in [-0.3, -0.25) is 9.59 Å². The Labute approximate surface area is 222 Å². The van der Waals surface area contributed by atoms with Gasteiger partial charge in [-0.1, -0.05) is 44.2 Å². The number of rotatable bonds is 7. The highest BCUT2D eigenvalue weighted by Crippen LogP contribution is 2.50. The van der Waals surface area contributed by atoms with Crippen LogP contribution in [-0.2, 0) is 20.9 Å². The monoisotopic (exact) mass is 525 g/mol. The molecule has 1 aliphatic heterocycles. The van der Waals surface area contributed by atoms with E-state index in [1.807, 2.05) is 26.0 Å². The highest BCUT2D eigenvalue weighted by Gasteiger charge is 2.47. The quantitative estimate of drug-likeness (QED) is 0.451. The van der Waals surface area contributed by atoms with Crippen molar-refractivity contribution in [1.29, 1.82) is 0 Å². The number of esters is 1. The van der Waals surface area contributed by atoms with Gasteiger partial charge < -0.3 is 24.6 Å². The van der Waals surface area contributed by atoms with Crippen LogP contribution in [0.5, 0.6) is 17.2 Å². The Morgan fingerprint density at radius 2 is 1.92 bits per heavy atom. The first kappa shape index (κ1) is 26.6. The molecule has 2 aliphatic rings. The minimum Gasteiger partial charge on any atom is -0.503 e. The lowest BCUT2D eigenvalue weighted by Crippen LogP contribution is -2.43. The van der Waals surface area contributed by atoms with E-state index in [9.17, 15) is 14.7 Å². The summed E-state index contributed by atoms with van der Waals surface area (Å²) >= 11 is 6.36. The Balaban J connectivity index is 1.75. The fourth-order valence-electron chi connectivity index (χ4n) is 5.09. The predicted molar refractivity (Wildman–Crippen MR) is 141 cm³/mol. The minimum atomic E-state index is -0.891. The molecule has 8 heteroatoms. The number of nitrogens with one attached hydrogen (secondary N) is 1. The summed E-state index contributed by atoms with van der Waals surface area (Å²) in [5, 5.41) is 13.7. The summed E-state index contributed by atoms with van der Waals surface area (Å²) in [6.07, 6.45) is 0.968. The first-order valence-corrected chi connectivity index (χ1v) is 12.6. The number of halogens is 1. The van der Waals surface area contributed by atoms with Gasteiger partial charge in [0, 0.05) is 29.3 Å². The van der Waals surface area contributed by atoms with Crippen molar-refractivity contribution in [3.8, 4) is 17.2 Å². The number of benzene rings is 2. The van der Waals surface area contributed by atoms with Crippen LogP contribution in [0.4, 0.5) is 0 Å². The van der Waals surface area contributed by atoms with Gasteiger partial charge in [0.1, 0.15) is 18.3 Å². The molecule has 0 fully saturated rings. The van der Waals surface area contributed by atoms with Crippen molar-refractivity contribution in [3.63, 3.8) is 0 Å². The Kier molecular flexibility index (Phi) is 7.55. The van der Waals surface area contributed by atoms with Crippen LogP contribution in [0.3, 0.4) is 0 Å². The van der Waals surface area contributed by atoms with Crippen LogP contribution in [0.25, 0.3) is 0 Å². The molecule has 0 saturated heterocycles. The summed E-state index contributed by atoms with van der Waals surface area (Å²) in [5.41, 5.74) is 2.83. The number of phenolic OH excluding ortho intramolecular Hbond substituents is 1. The van der Waals surface area contributed by atoms with Crippen LogP contribution >= 0.6 is 11.6 Å². The van der Waals surface area contributed by atoms with Gasteiger partial charge in [0.05, 0.1) is 18.7 Å². The second-order valence-corrected chi connectivity index (χ2v) is 10.6. The largest absolute Gasteiger partial charge is 0.503 e. The summed E-state index contributed by atoms with van der Waals surface area (Å²) in [6.45, 7) is 10.4. The number of ether oxygens (including phenoxy) is 3. The smallest absolute Gasteiger partial charge is 0.316 e. The van der Waals surface area contributed by atoms with Gasteiger partial charge in [-0.05, 0) is 54.2 Å². The molecule has 1 aliphatic carbocycles. The van der Waals surface area contributed by atoms with Crippen LogP contribution in [0.1, 0.15) is 50.7 Å². The number of ketones is 1. The summed E-state index contributed by atoms with van der Waals surface area (Å²) in [6, 6.07) is 10.4. The SMILES string of the molecule is C=C1NC2=C(C(=O)CC(C)(C)C2)C(c2cc(Cl)c(O)c(OCC)c2)C1C(=O)OCc1ccc(OC)cc1. The van der Waals surface area contributed by atoms with Gasteiger partial charge in [-0.2, -0.15) is 0 Å². The Morgan fingerprint density at radius 1 is 1.22 bits per heavy atom. The molecule has 0 saturated carbocycles. The standard InChI is InChI=1S/C29H32ClNO6/c1-6-36-23-12-18(11-20(30)27(23)33)25-24(28(34)37-15-17-7-9-19(35-5)10-8-17)16(2)31-21-13-29(3,4)14-22(32)26(21)25/h7-12,24-25,31,33H,2,6,13-15H2,1,3-5H3. The minimum absolute atomic E-state index is 0.0484. The first-order chi connectivity index (χ1) is 17.5. The Morgan fingerprint density at radius 3 is 2.57 bits per heavy atom. The van der Waals surface area contributed by atoms with Crippen LogP contribution in [-0.4, -0.2) is 30.6 Å². The third-order valence-electron chi connectivity index (χ3n) is 6.75. The van der Waals surface area contributed by atoms with Gasteiger partial charge in [0.25, 0.3) is 0 Å². The van der Waals surface area contributed by atoms with E-state index in [-0.39, 0.29) is 34.3 Å². The van der Waals surface area contributed by atoms with Crippen molar-refractivity contribution in [2.75, 3.05) is 13.7 Å². The van der Waals surface area contributed by atoms with E-state index in [1.165, 1.54) is 0 Å². The van der Waals surface area contributed by atoms with Crippen LogP contribution in [0.15, 0.2) is 59.9 Å². The van der Waals surface area contributed by atoms with Crippen molar-refractivity contribution >= 4 is 23.4 Å². The lowest BCUT2D eigenvalue weighted by Gasteiger charge is -2.42. The zero-order valence-electron chi connectivity index (χ0n) is 21.5.